The highest BCUT2D eigenvalue weighted by atomic mass is 15.4. The van der Waals surface area contributed by atoms with Crippen molar-refractivity contribution >= 4 is 11.9 Å². The minimum atomic E-state index is 0.876. The summed E-state index contributed by atoms with van der Waals surface area (Å²) in [6.45, 7) is 6.98. The Morgan fingerprint density at radius 2 is 1.54 bits per heavy atom. The van der Waals surface area contributed by atoms with Crippen LogP contribution in [0.15, 0.2) is 9.98 Å². The molecule has 0 amide bonds. The number of hydrogen-bond acceptors (Lipinski definition) is 5. The van der Waals surface area contributed by atoms with Crippen molar-refractivity contribution in [1.82, 2.24) is 15.5 Å². The Morgan fingerprint density at radius 3 is 2.17 bits per heavy atom. The second-order valence-electron chi connectivity index (χ2n) is 6.95. The fourth-order valence-corrected chi connectivity index (χ4v) is 3.36. The van der Waals surface area contributed by atoms with Crippen molar-refractivity contribution in [3.63, 3.8) is 0 Å². The average molecular weight is 336 g/mol. The summed E-state index contributed by atoms with van der Waals surface area (Å²) >= 11 is 0. The van der Waals surface area contributed by atoms with Gasteiger partial charge in [-0.3, -0.25) is 14.9 Å². The van der Waals surface area contributed by atoms with Crippen molar-refractivity contribution in [3.8, 4) is 0 Å². The van der Waals surface area contributed by atoms with E-state index in [-0.39, 0.29) is 0 Å². The zero-order valence-corrected chi connectivity index (χ0v) is 15.7. The Morgan fingerprint density at radius 1 is 0.875 bits per heavy atom. The van der Waals surface area contributed by atoms with E-state index < -0.39 is 0 Å². The predicted molar refractivity (Wildman–Crippen MR) is 104 cm³/mol. The van der Waals surface area contributed by atoms with Gasteiger partial charge in [0.05, 0.1) is 13.1 Å². The summed E-state index contributed by atoms with van der Waals surface area (Å²) in [7, 11) is 0. The zero-order valence-electron chi connectivity index (χ0n) is 15.7. The minimum Gasteiger partial charge on any atom is -0.356 e. The van der Waals surface area contributed by atoms with E-state index in [1.165, 1.54) is 70.6 Å². The molecule has 0 unspecified atom stereocenters. The van der Waals surface area contributed by atoms with E-state index in [1.807, 2.05) is 0 Å². The highest BCUT2D eigenvalue weighted by Gasteiger charge is 2.23. The first-order valence-corrected chi connectivity index (χ1v) is 10.3. The Kier molecular flexibility index (Phi) is 9.66. The van der Waals surface area contributed by atoms with Crippen molar-refractivity contribution < 1.29 is 0 Å². The molecule has 0 saturated heterocycles. The number of unbranched alkanes of at least 4 members (excludes halogenated alkanes) is 10. The summed E-state index contributed by atoms with van der Waals surface area (Å²) < 4.78 is 0. The van der Waals surface area contributed by atoms with Crippen LogP contribution in [0.3, 0.4) is 0 Å². The summed E-state index contributed by atoms with van der Waals surface area (Å²) in [6.07, 6.45) is 15.3. The van der Waals surface area contributed by atoms with E-state index in [0.29, 0.717) is 0 Å². The van der Waals surface area contributed by atoms with Gasteiger partial charge in [0, 0.05) is 19.6 Å². The molecule has 0 aromatic rings. The van der Waals surface area contributed by atoms with Crippen LogP contribution in [0.5, 0.6) is 0 Å². The van der Waals surface area contributed by atoms with Crippen molar-refractivity contribution in [1.29, 1.82) is 0 Å². The highest BCUT2D eigenvalue weighted by Crippen LogP contribution is 2.11. The number of guanidine groups is 2. The molecule has 0 aromatic carbocycles. The standard InChI is InChI=1S/C19H37N5/c1-2-3-4-5-6-7-8-9-10-11-12-13-20-18-23-16-17-24(18)19-21-14-15-22-19/h2-17H2,1H3,(H,20,23)(H,21,22). The van der Waals surface area contributed by atoms with Crippen molar-refractivity contribution in [3.05, 3.63) is 0 Å². The molecule has 5 heteroatoms. The highest BCUT2D eigenvalue weighted by molar-refractivity contribution is 6.00. The molecule has 0 saturated carbocycles. The van der Waals surface area contributed by atoms with Crippen LogP contribution in [0.4, 0.5) is 0 Å². The molecule has 0 radical (unpaired) electrons. The van der Waals surface area contributed by atoms with Gasteiger partial charge in [-0.05, 0) is 6.42 Å². The molecule has 5 nitrogen and oxygen atoms in total. The molecule has 2 rings (SSSR count). The van der Waals surface area contributed by atoms with Crippen LogP contribution >= 0.6 is 0 Å². The molecule has 0 bridgehead atoms. The molecule has 0 aliphatic carbocycles. The molecule has 0 atom stereocenters. The van der Waals surface area contributed by atoms with Crippen LogP contribution in [0.2, 0.25) is 0 Å². The smallest absolute Gasteiger partial charge is 0.201 e. The topological polar surface area (TPSA) is 52.0 Å². The first kappa shape index (κ1) is 19.1. The fraction of sp³-hybridized carbons (Fsp3) is 0.895. The quantitative estimate of drug-likeness (QED) is 0.537. The van der Waals surface area contributed by atoms with E-state index in [4.69, 9.17) is 0 Å². The summed E-state index contributed by atoms with van der Waals surface area (Å²) in [5, 5.41) is 6.82. The number of hydrogen-bond donors (Lipinski definition) is 2. The molecular formula is C19H37N5. The largest absolute Gasteiger partial charge is 0.356 e. The van der Waals surface area contributed by atoms with E-state index in [1.54, 1.807) is 0 Å². The van der Waals surface area contributed by atoms with Gasteiger partial charge < -0.3 is 10.6 Å². The third-order valence-electron chi connectivity index (χ3n) is 4.82. The van der Waals surface area contributed by atoms with Gasteiger partial charge in [0.1, 0.15) is 0 Å². The van der Waals surface area contributed by atoms with Gasteiger partial charge in [0.15, 0.2) is 0 Å². The summed E-state index contributed by atoms with van der Waals surface area (Å²) in [6, 6.07) is 0. The summed E-state index contributed by atoms with van der Waals surface area (Å²) in [5.41, 5.74) is 0. The van der Waals surface area contributed by atoms with Crippen LogP contribution in [0.25, 0.3) is 0 Å². The Labute approximate surface area is 148 Å². The van der Waals surface area contributed by atoms with Gasteiger partial charge >= 0.3 is 0 Å². The Balaban J connectivity index is 1.40. The third-order valence-corrected chi connectivity index (χ3v) is 4.82. The molecule has 2 N–H and O–H groups in total. The summed E-state index contributed by atoms with van der Waals surface area (Å²) in [4.78, 5) is 11.2. The third kappa shape index (κ3) is 7.10. The molecule has 0 aromatic heterocycles. The van der Waals surface area contributed by atoms with Gasteiger partial charge in [-0.2, -0.15) is 0 Å². The van der Waals surface area contributed by atoms with Crippen LogP contribution in [-0.2, 0) is 0 Å². The maximum Gasteiger partial charge on any atom is 0.201 e. The van der Waals surface area contributed by atoms with Crippen LogP contribution < -0.4 is 10.6 Å². The van der Waals surface area contributed by atoms with E-state index in [0.717, 1.165) is 44.6 Å². The molecule has 24 heavy (non-hydrogen) atoms. The summed E-state index contributed by atoms with van der Waals surface area (Å²) in [5.74, 6) is 2.01. The Hall–Kier alpha value is -1.26. The fourth-order valence-electron chi connectivity index (χ4n) is 3.36. The number of aliphatic imine (C=N–C) groups is 2. The van der Waals surface area contributed by atoms with E-state index in [2.05, 4.69) is 32.4 Å². The number of nitrogens with zero attached hydrogens (tertiary/aromatic N) is 3. The maximum atomic E-state index is 4.56. The normalized spacial score (nSPS) is 17.0. The molecule has 2 aliphatic heterocycles. The second kappa shape index (κ2) is 12.2. The van der Waals surface area contributed by atoms with Gasteiger partial charge in [0.2, 0.25) is 11.9 Å². The predicted octanol–water partition coefficient (Wildman–Crippen LogP) is 3.52. The van der Waals surface area contributed by atoms with Gasteiger partial charge in [-0.1, -0.05) is 71.1 Å². The van der Waals surface area contributed by atoms with Crippen molar-refractivity contribution in [2.24, 2.45) is 9.98 Å². The van der Waals surface area contributed by atoms with Crippen LogP contribution in [0.1, 0.15) is 77.6 Å². The van der Waals surface area contributed by atoms with Crippen molar-refractivity contribution in [2.75, 3.05) is 32.7 Å². The number of nitrogens with one attached hydrogen (secondary N) is 2. The lowest BCUT2D eigenvalue weighted by molar-refractivity contribution is 0.545. The van der Waals surface area contributed by atoms with Crippen LogP contribution in [0, 0.1) is 0 Å². The lowest BCUT2D eigenvalue weighted by Gasteiger charge is -2.20. The SMILES string of the molecule is CCCCCCCCCCCCCNC1=NCCN1C1=NCCN1. The molecular weight excluding hydrogens is 298 g/mol. The van der Waals surface area contributed by atoms with Crippen LogP contribution in [-0.4, -0.2) is 49.5 Å². The van der Waals surface area contributed by atoms with Gasteiger partial charge in [-0.15, -0.1) is 0 Å². The minimum absolute atomic E-state index is 0.876. The van der Waals surface area contributed by atoms with Crippen molar-refractivity contribution in [2.45, 2.75) is 77.6 Å². The lowest BCUT2D eigenvalue weighted by atomic mass is 10.1. The molecule has 0 fully saturated rings. The monoisotopic (exact) mass is 335 g/mol. The Bertz CT molecular complexity index is 391. The lowest BCUT2D eigenvalue weighted by Crippen LogP contribution is -2.46. The average Bonchev–Trinajstić information content (AvgIpc) is 3.26. The molecule has 0 spiro atoms. The van der Waals surface area contributed by atoms with Gasteiger partial charge in [0.25, 0.3) is 0 Å². The molecule has 138 valence electrons. The zero-order chi connectivity index (χ0) is 16.9. The second-order valence-corrected chi connectivity index (χ2v) is 6.95. The first-order chi connectivity index (χ1) is 11.9. The molecule has 2 aliphatic rings. The number of rotatable bonds is 12. The molecule has 2 heterocycles. The first-order valence-electron chi connectivity index (χ1n) is 10.3. The maximum absolute atomic E-state index is 4.56. The van der Waals surface area contributed by atoms with E-state index in [9.17, 15) is 0 Å². The van der Waals surface area contributed by atoms with Gasteiger partial charge in [-0.25, -0.2) is 0 Å². The van der Waals surface area contributed by atoms with E-state index >= 15 is 0 Å².